The molecular formula is C21H19NO6S. The van der Waals surface area contributed by atoms with Crippen molar-refractivity contribution >= 4 is 21.8 Å². The Balaban J connectivity index is 1.95. The van der Waals surface area contributed by atoms with Gasteiger partial charge in [-0.2, -0.15) is 4.31 Å². The highest BCUT2D eigenvalue weighted by atomic mass is 32.2. The van der Waals surface area contributed by atoms with Crippen molar-refractivity contribution < 1.29 is 28.2 Å². The minimum atomic E-state index is -4.47. The van der Waals surface area contributed by atoms with E-state index in [0.717, 1.165) is 11.6 Å². The van der Waals surface area contributed by atoms with Crippen LogP contribution >= 0.6 is 0 Å². The van der Waals surface area contributed by atoms with Crippen molar-refractivity contribution in [3.05, 3.63) is 83.9 Å². The van der Waals surface area contributed by atoms with E-state index < -0.39 is 16.1 Å². The summed E-state index contributed by atoms with van der Waals surface area (Å²) in [6.07, 6.45) is -1.67. The number of benzene rings is 3. The number of aromatic hydroxyl groups is 1. The quantitative estimate of drug-likeness (QED) is 0.629. The molecule has 150 valence electrons. The number of rotatable bonds is 6. The van der Waals surface area contributed by atoms with E-state index in [1.165, 1.54) is 37.3 Å². The lowest BCUT2D eigenvalue weighted by Crippen LogP contribution is -2.36. The van der Waals surface area contributed by atoms with Crippen molar-refractivity contribution in [1.82, 2.24) is 0 Å². The van der Waals surface area contributed by atoms with Crippen LogP contribution in [0.4, 0.5) is 10.5 Å². The predicted molar refractivity (Wildman–Crippen MR) is 108 cm³/mol. The molecule has 3 aromatic rings. The number of phenolic OH excluding ortho intramolecular Hbond substituents is 1. The molecule has 1 amide bonds. The fourth-order valence-electron chi connectivity index (χ4n) is 2.76. The molecule has 0 spiro atoms. The Bertz CT molecular complexity index is 1130. The second kappa shape index (κ2) is 8.24. The molecule has 3 aromatic carbocycles. The van der Waals surface area contributed by atoms with Crippen molar-refractivity contribution in [1.29, 1.82) is 0 Å². The Labute approximate surface area is 168 Å². The van der Waals surface area contributed by atoms with Crippen LogP contribution in [0.25, 0.3) is 0 Å². The third-order valence-corrected chi connectivity index (χ3v) is 6.01. The van der Waals surface area contributed by atoms with Gasteiger partial charge >= 0.3 is 6.09 Å². The molecule has 0 aromatic heterocycles. The van der Waals surface area contributed by atoms with Crippen molar-refractivity contribution in [2.24, 2.45) is 0 Å². The van der Waals surface area contributed by atoms with E-state index in [1.54, 1.807) is 6.07 Å². The average molecular weight is 413 g/mol. The van der Waals surface area contributed by atoms with Gasteiger partial charge in [0.05, 0.1) is 10.6 Å². The van der Waals surface area contributed by atoms with Gasteiger partial charge in [0.15, 0.2) is 0 Å². The third-order valence-electron chi connectivity index (χ3n) is 4.16. The molecule has 0 heterocycles. The van der Waals surface area contributed by atoms with Crippen LogP contribution < -0.4 is 9.04 Å². The predicted octanol–water partition coefficient (Wildman–Crippen LogP) is 4.15. The molecule has 0 saturated carbocycles. The van der Waals surface area contributed by atoms with Crippen molar-refractivity contribution in [3.8, 4) is 11.5 Å². The molecule has 0 atom stereocenters. The fourth-order valence-corrected chi connectivity index (χ4v) is 4.30. The standard InChI is InChI=1S/C21H19NO6S/c1-15-10-11-18(23)13-20(15)29(26,27)22(21(24)25)17-8-5-9-19(12-17)28-14-16-6-3-2-4-7-16/h2-13,23H,14H2,1H3,(H,24,25). The van der Waals surface area contributed by atoms with E-state index in [4.69, 9.17) is 4.74 Å². The van der Waals surface area contributed by atoms with Gasteiger partial charge in [0.1, 0.15) is 18.1 Å². The Morgan fingerprint density at radius 2 is 1.72 bits per heavy atom. The van der Waals surface area contributed by atoms with Crippen LogP contribution in [0.15, 0.2) is 77.7 Å². The number of nitrogens with zero attached hydrogens (tertiary/aromatic N) is 1. The summed E-state index contributed by atoms with van der Waals surface area (Å²) >= 11 is 0. The van der Waals surface area contributed by atoms with Crippen LogP contribution in [-0.2, 0) is 16.6 Å². The van der Waals surface area contributed by atoms with Gasteiger partial charge in [0.25, 0.3) is 10.0 Å². The minimum Gasteiger partial charge on any atom is -0.508 e. The largest absolute Gasteiger partial charge is 0.508 e. The summed E-state index contributed by atoms with van der Waals surface area (Å²) in [6.45, 7) is 1.77. The molecule has 0 saturated heterocycles. The molecule has 0 aliphatic rings. The van der Waals surface area contributed by atoms with Crippen LogP contribution in [0.3, 0.4) is 0 Å². The number of sulfonamides is 1. The highest BCUT2D eigenvalue weighted by Crippen LogP contribution is 2.30. The van der Waals surface area contributed by atoms with Gasteiger partial charge in [0.2, 0.25) is 0 Å². The van der Waals surface area contributed by atoms with E-state index in [-0.39, 0.29) is 27.2 Å². The minimum absolute atomic E-state index is 0.0918. The van der Waals surface area contributed by atoms with E-state index in [9.17, 15) is 23.4 Å². The summed E-state index contributed by atoms with van der Waals surface area (Å²) in [7, 11) is -4.47. The highest BCUT2D eigenvalue weighted by molar-refractivity contribution is 7.93. The SMILES string of the molecule is Cc1ccc(O)cc1S(=O)(=O)N(C(=O)O)c1cccc(OCc2ccccc2)c1. The molecule has 0 aliphatic carbocycles. The van der Waals surface area contributed by atoms with E-state index in [2.05, 4.69) is 0 Å². The maximum atomic E-state index is 13.0. The zero-order valence-corrected chi connectivity index (χ0v) is 16.3. The molecule has 0 bridgehead atoms. The summed E-state index contributed by atoms with van der Waals surface area (Å²) in [5.74, 6) is 0.0416. The molecule has 3 rings (SSSR count). The molecule has 7 nitrogen and oxygen atoms in total. The number of aryl methyl sites for hydroxylation is 1. The smallest absolute Gasteiger partial charge is 0.426 e. The normalized spacial score (nSPS) is 11.1. The van der Waals surface area contributed by atoms with Gasteiger partial charge in [-0.15, -0.1) is 0 Å². The van der Waals surface area contributed by atoms with Crippen LogP contribution in [0.5, 0.6) is 11.5 Å². The Morgan fingerprint density at radius 3 is 2.41 bits per heavy atom. The van der Waals surface area contributed by atoms with Crippen LogP contribution in [-0.4, -0.2) is 24.7 Å². The Hall–Kier alpha value is -3.52. The second-order valence-electron chi connectivity index (χ2n) is 6.27. The molecule has 0 fully saturated rings. The first-order valence-corrected chi connectivity index (χ1v) is 10.1. The third kappa shape index (κ3) is 4.49. The molecule has 0 aliphatic heterocycles. The molecule has 2 N–H and O–H groups in total. The van der Waals surface area contributed by atoms with Crippen molar-refractivity contribution in [2.75, 3.05) is 4.31 Å². The van der Waals surface area contributed by atoms with E-state index in [1.807, 2.05) is 30.3 Å². The second-order valence-corrected chi connectivity index (χ2v) is 8.03. The maximum Gasteiger partial charge on any atom is 0.426 e. The summed E-state index contributed by atoms with van der Waals surface area (Å²) in [5, 5.41) is 19.3. The molecule has 0 radical (unpaired) electrons. The lowest BCUT2D eigenvalue weighted by atomic mass is 10.2. The van der Waals surface area contributed by atoms with Crippen LogP contribution in [0, 0.1) is 6.92 Å². The van der Waals surface area contributed by atoms with E-state index >= 15 is 0 Å². The summed E-state index contributed by atoms with van der Waals surface area (Å²) in [4.78, 5) is 11.6. The number of ether oxygens (including phenoxy) is 1. The highest BCUT2D eigenvalue weighted by Gasteiger charge is 2.32. The first-order valence-electron chi connectivity index (χ1n) is 8.64. The van der Waals surface area contributed by atoms with Crippen LogP contribution in [0.2, 0.25) is 0 Å². The Kier molecular flexibility index (Phi) is 5.74. The Morgan fingerprint density at radius 1 is 1.00 bits per heavy atom. The summed E-state index contributed by atoms with van der Waals surface area (Å²) in [6, 6.07) is 18.9. The number of phenols is 1. The van der Waals surface area contributed by atoms with Crippen molar-refractivity contribution in [2.45, 2.75) is 18.4 Å². The zero-order chi connectivity index (χ0) is 21.0. The lowest BCUT2D eigenvalue weighted by molar-refractivity contribution is 0.206. The lowest BCUT2D eigenvalue weighted by Gasteiger charge is -2.21. The fraction of sp³-hybridized carbons (Fsp3) is 0.0952. The van der Waals surface area contributed by atoms with Crippen LogP contribution in [0.1, 0.15) is 11.1 Å². The summed E-state index contributed by atoms with van der Waals surface area (Å²) in [5.41, 5.74) is 1.13. The van der Waals surface area contributed by atoms with Gasteiger partial charge in [-0.3, -0.25) is 0 Å². The monoisotopic (exact) mass is 413 g/mol. The number of carbonyl (C=O) groups is 1. The maximum absolute atomic E-state index is 13.0. The molecule has 0 unspecified atom stereocenters. The van der Waals surface area contributed by atoms with Crippen molar-refractivity contribution in [3.63, 3.8) is 0 Å². The molecule has 8 heteroatoms. The first kappa shape index (κ1) is 20.2. The number of amides is 1. The average Bonchev–Trinajstić information content (AvgIpc) is 2.69. The number of carboxylic acid groups (broad SMARTS) is 1. The van der Waals surface area contributed by atoms with Gasteiger partial charge < -0.3 is 14.9 Å². The number of anilines is 1. The number of hydrogen-bond acceptors (Lipinski definition) is 5. The summed E-state index contributed by atoms with van der Waals surface area (Å²) < 4.78 is 32.0. The topological polar surface area (TPSA) is 104 Å². The first-order chi connectivity index (χ1) is 13.8. The number of hydrogen-bond donors (Lipinski definition) is 2. The molecule has 29 heavy (non-hydrogen) atoms. The van der Waals surface area contributed by atoms with Gasteiger partial charge in [0, 0.05) is 12.1 Å². The molecular weight excluding hydrogens is 394 g/mol. The zero-order valence-electron chi connectivity index (χ0n) is 15.5. The van der Waals surface area contributed by atoms with Gasteiger partial charge in [-0.1, -0.05) is 42.5 Å². The van der Waals surface area contributed by atoms with E-state index in [0.29, 0.717) is 11.3 Å². The van der Waals surface area contributed by atoms with Gasteiger partial charge in [-0.05, 0) is 36.2 Å². The van der Waals surface area contributed by atoms with Gasteiger partial charge in [-0.25, -0.2) is 13.2 Å².